The van der Waals surface area contributed by atoms with Crippen LogP contribution >= 0.6 is 11.3 Å². The minimum Gasteiger partial charge on any atom is -0.377 e. The molecule has 0 aliphatic rings. The largest absolute Gasteiger partial charge is 0.377 e. The van der Waals surface area contributed by atoms with Crippen LogP contribution in [0.4, 0.5) is 5.69 Å². The molecule has 130 valence electrons. The third-order valence-corrected chi connectivity index (χ3v) is 4.40. The number of aromatic nitrogens is 3. The first kappa shape index (κ1) is 17.1. The van der Waals surface area contributed by atoms with E-state index in [4.69, 9.17) is 4.84 Å². The van der Waals surface area contributed by atoms with Crippen LogP contribution in [0.25, 0.3) is 0 Å². The Labute approximate surface area is 149 Å². The number of hydrogen-bond donors (Lipinski definition) is 2. The van der Waals surface area contributed by atoms with Gasteiger partial charge in [0.25, 0.3) is 5.91 Å². The van der Waals surface area contributed by atoms with Crippen molar-refractivity contribution in [3.05, 3.63) is 64.1 Å². The van der Waals surface area contributed by atoms with Gasteiger partial charge in [0, 0.05) is 30.5 Å². The van der Waals surface area contributed by atoms with E-state index in [1.165, 1.54) is 0 Å². The Kier molecular flexibility index (Phi) is 5.42. The standard InChI is InChI=1S/C17H19N5O2S/c1-12-20-13(11-25-12)10-24-21-17(23)14-5-3-4-6-15(14)19-9-16-18-7-8-22(16)2/h3-8,11,19H,9-10H2,1-2H3,(H,21,23). The molecule has 0 aliphatic heterocycles. The lowest BCUT2D eigenvalue weighted by Crippen LogP contribution is -2.24. The van der Waals surface area contributed by atoms with Crippen LogP contribution in [0.3, 0.4) is 0 Å². The van der Waals surface area contributed by atoms with E-state index < -0.39 is 0 Å². The van der Waals surface area contributed by atoms with Crippen LogP contribution in [0.5, 0.6) is 0 Å². The number of para-hydroxylation sites is 1. The number of imidazole rings is 1. The maximum absolute atomic E-state index is 12.4. The molecule has 0 fully saturated rings. The lowest BCUT2D eigenvalue weighted by atomic mass is 10.1. The molecule has 1 amide bonds. The zero-order valence-corrected chi connectivity index (χ0v) is 14.8. The van der Waals surface area contributed by atoms with Crippen molar-refractivity contribution in [1.82, 2.24) is 20.0 Å². The molecule has 25 heavy (non-hydrogen) atoms. The number of carbonyl (C=O) groups is 1. The lowest BCUT2D eigenvalue weighted by Gasteiger charge is -2.12. The number of hydroxylamine groups is 1. The average Bonchev–Trinajstić information content (AvgIpc) is 3.21. The summed E-state index contributed by atoms with van der Waals surface area (Å²) in [6, 6.07) is 7.27. The monoisotopic (exact) mass is 357 g/mol. The maximum Gasteiger partial charge on any atom is 0.276 e. The van der Waals surface area contributed by atoms with Crippen LogP contribution in [0.1, 0.15) is 26.9 Å². The van der Waals surface area contributed by atoms with Crippen LogP contribution in [-0.2, 0) is 25.0 Å². The minimum atomic E-state index is -0.310. The van der Waals surface area contributed by atoms with Crippen molar-refractivity contribution < 1.29 is 9.63 Å². The molecule has 0 aliphatic carbocycles. The van der Waals surface area contributed by atoms with Crippen molar-refractivity contribution in [3.63, 3.8) is 0 Å². The number of rotatable bonds is 7. The van der Waals surface area contributed by atoms with Crippen molar-refractivity contribution in [2.24, 2.45) is 7.05 Å². The molecule has 8 heteroatoms. The van der Waals surface area contributed by atoms with Gasteiger partial charge in [0.1, 0.15) is 12.4 Å². The predicted octanol–water partition coefficient (Wildman–Crippen LogP) is 2.66. The Hall–Kier alpha value is -2.71. The third kappa shape index (κ3) is 4.43. The van der Waals surface area contributed by atoms with E-state index in [9.17, 15) is 4.79 Å². The van der Waals surface area contributed by atoms with Crippen LogP contribution < -0.4 is 10.8 Å². The Morgan fingerprint density at radius 2 is 2.20 bits per heavy atom. The Bertz CT molecular complexity index is 858. The van der Waals surface area contributed by atoms with Gasteiger partial charge in [-0.1, -0.05) is 12.1 Å². The molecule has 2 aromatic heterocycles. The lowest BCUT2D eigenvalue weighted by molar-refractivity contribution is 0.0224. The number of aryl methyl sites for hydroxylation is 2. The van der Waals surface area contributed by atoms with Crippen molar-refractivity contribution in [3.8, 4) is 0 Å². The highest BCUT2D eigenvalue weighted by Gasteiger charge is 2.12. The summed E-state index contributed by atoms with van der Waals surface area (Å²) in [6.07, 6.45) is 3.62. The highest BCUT2D eigenvalue weighted by Crippen LogP contribution is 2.16. The Morgan fingerprint density at radius 1 is 1.36 bits per heavy atom. The van der Waals surface area contributed by atoms with Gasteiger partial charge < -0.3 is 9.88 Å². The zero-order valence-electron chi connectivity index (χ0n) is 14.0. The summed E-state index contributed by atoms with van der Waals surface area (Å²) in [5.41, 5.74) is 4.49. The molecule has 0 spiro atoms. The second kappa shape index (κ2) is 7.91. The molecule has 0 saturated heterocycles. The number of thiazole rings is 1. The summed E-state index contributed by atoms with van der Waals surface area (Å²) in [5, 5.41) is 6.11. The van der Waals surface area contributed by atoms with Gasteiger partial charge in [-0.25, -0.2) is 15.4 Å². The summed E-state index contributed by atoms with van der Waals surface area (Å²) in [6.45, 7) is 2.68. The normalized spacial score (nSPS) is 10.6. The molecule has 0 saturated carbocycles. The van der Waals surface area contributed by atoms with E-state index in [0.29, 0.717) is 12.1 Å². The quantitative estimate of drug-likeness (QED) is 0.636. The van der Waals surface area contributed by atoms with Crippen LogP contribution in [-0.4, -0.2) is 20.4 Å². The first-order valence-corrected chi connectivity index (χ1v) is 8.63. The van der Waals surface area contributed by atoms with Gasteiger partial charge in [0.2, 0.25) is 0 Å². The second-order valence-corrected chi connectivity index (χ2v) is 6.49. The molecule has 3 rings (SSSR count). The molecule has 0 atom stereocenters. The minimum absolute atomic E-state index is 0.235. The van der Waals surface area contributed by atoms with E-state index in [1.54, 1.807) is 23.6 Å². The number of amides is 1. The smallest absolute Gasteiger partial charge is 0.276 e. The van der Waals surface area contributed by atoms with Gasteiger partial charge >= 0.3 is 0 Å². The van der Waals surface area contributed by atoms with Crippen LogP contribution in [0.15, 0.2) is 42.0 Å². The van der Waals surface area contributed by atoms with Gasteiger partial charge in [0.05, 0.1) is 22.8 Å². The van der Waals surface area contributed by atoms with E-state index in [1.807, 2.05) is 48.3 Å². The molecule has 2 heterocycles. The first-order chi connectivity index (χ1) is 12.1. The highest BCUT2D eigenvalue weighted by molar-refractivity contribution is 7.09. The number of hydrogen-bond acceptors (Lipinski definition) is 6. The SMILES string of the molecule is Cc1nc(CONC(=O)c2ccccc2NCc2nccn2C)cs1. The summed E-state index contributed by atoms with van der Waals surface area (Å²) >= 11 is 1.55. The van der Waals surface area contributed by atoms with Gasteiger partial charge in [-0.15, -0.1) is 11.3 Å². The third-order valence-electron chi connectivity index (χ3n) is 3.58. The zero-order chi connectivity index (χ0) is 17.6. The molecule has 1 aromatic carbocycles. The van der Waals surface area contributed by atoms with Crippen LogP contribution in [0, 0.1) is 6.92 Å². The van der Waals surface area contributed by atoms with Crippen molar-refractivity contribution in [1.29, 1.82) is 0 Å². The van der Waals surface area contributed by atoms with Crippen molar-refractivity contribution in [2.75, 3.05) is 5.32 Å². The molecule has 3 aromatic rings. The molecular weight excluding hydrogens is 338 g/mol. The average molecular weight is 357 g/mol. The van der Waals surface area contributed by atoms with Gasteiger partial charge in [-0.05, 0) is 19.1 Å². The summed E-state index contributed by atoms with van der Waals surface area (Å²) in [7, 11) is 1.93. The predicted molar refractivity (Wildman–Crippen MR) is 96.1 cm³/mol. The Morgan fingerprint density at radius 3 is 2.92 bits per heavy atom. The molecule has 7 nitrogen and oxygen atoms in total. The van der Waals surface area contributed by atoms with Crippen LogP contribution in [0.2, 0.25) is 0 Å². The highest BCUT2D eigenvalue weighted by atomic mass is 32.1. The molecule has 2 N–H and O–H groups in total. The molecule has 0 bridgehead atoms. The molecule has 0 unspecified atom stereocenters. The molecule has 0 radical (unpaired) electrons. The second-order valence-electron chi connectivity index (χ2n) is 5.43. The summed E-state index contributed by atoms with van der Waals surface area (Å²) < 4.78 is 1.93. The summed E-state index contributed by atoms with van der Waals surface area (Å²) in [4.78, 5) is 26.2. The fourth-order valence-corrected chi connectivity index (χ4v) is 2.88. The Balaban J connectivity index is 1.59. The number of nitrogens with zero attached hydrogens (tertiary/aromatic N) is 3. The molecular formula is C17H19N5O2S. The van der Waals surface area contributed by atoms with Crippen molar-refractivity contribution >= 4 is 22.9 Å². The van der Waals surface area contributed by atoms with E-state index in [0.717, 1.165) is 22.2 Å². The summed E-state index contributed by atoms with van der Waals surface area (Å²) in [5.74, 6) is 0.570. The van der Waals surface area contributed by atoms with Gasteiger partial charge in [-0.3, -0.25) is 9.63 Å². The number of carbonyl (C=O) groups excluding carboxylic acids is 1. The van der Waals surface area contributed by atoms with Gasteiger partial charge in [0.15, 0.2) is 0 Å². The number of nitrogens with one attached hydrogen (secondary N) is 2. The van der Waals surface area contributed by atoms with Crippen molar-refractivity contribution in [2.45, 2.75) is 20.1 Å². The fourth-order valence-electron chi connectivity index (χ4n) is 2.28. The number of anilines is 1. The topological polar surface area (TPSA) is 81.1 Å². The maximum atomic E-state index is 12.4. The van der Waals surface area contributed by atoms with E-state index >= 15 is 0 Å². The van der Waals surface area contributed by atoms with E-state index in [-0.39, 0.29) is 12.5 Å². The first-order valence-electron chi connectivity index (χ1n) is 7.75. The van der Waals surface area contributed by atoms with E-state index in [2.05, 4.69) is 20.8 Å². The van der Waals surface area contributed by atoms with Gasteiger partial charge in [-0.2, -0.15) is 0 Å². The fraction of sp³-hybridized carbons (Fsp3) is 0.235. The number of benzene rings is 1.